The van der Waals surface area contributed by atoms with Crippen molar-refractivity contribution in [2.75, 3.05) is 13.7 Å². The van der Waals surface area contributed by atoms with Crippen LogP contribution in [-0.2, 0) is 11.3 Å². The average Bonchev–Trinajstić information content (AvgIpc) is 2.43. The summed E-state index contributed by atoms with van der Waals surface area (Å²) >= 11 is 6.14. The molecule has 1 rings (SSSR count). The van der Waals surface area contributed by atoms with Gasteiger partial charge in [0.1, 0.15) is 5.75 Å². The van der Waals surface area contributed by atoms with Gasteiger partial charge in [0.05, 0.1) is 7.11 Å². The molecule has 4 nitrogen and oxygen atoms in total. The first-order valence-electron chi connectivity index (χ1n) is 7.18. The molecular formula is C16H25ClN2O2. The van der Waals surface area contributed by atoms with E-state index in [1.54, 1.807) is 13.2 Å². The predicted octanol–water partition coefficient (Wildman–Crippen LogP) is 3.12. The Morgan fingerprint density at radius 1 is 1.38 bits per heavy atom. The Hall–Kier alpha value is -1.26. The highest BCUT2D eigenvalue weighted by Gasteiger charge is 2.18. The number of halogens is 1. The Labute approximate surface area is 132 Å². The molecule has 0 saturated heterocycles. The molecule has 1 aromatic rings. The zero-order chi connectivity index (χ0) is 15.9. The molecule has 5 heteroatoms. The van der Waals surface area contributed by atoms with Crippen LogP contribution in [0.5, 0.6) is 5.75 Å². The summed E-state index contributed by atoms with van der Waals surface area (Å²) in [5, 5.41) is 3.49. The van der Waals surface area contributed by atoms with Gasteiger partial charge in [-0.15, -0.1) is 0 Å². The van der Waals surface area contributed by atoms with E-state index >= 15 is 0 Å². The van der Waals surface area contributed by atoms with Crippen LogP contribution in [0.2, 0.25) is 5.02 Å². The van der Waals surface area contributed by atoms with Gasteiger partial charge in [-0.1, -0.05) is 31.5 Å². The summed E-state index contributed by atoms with van der Waals surface area (Å²) in [4.78, 5) is 12.0. The molecule has 3 N–H and O–H groups in total. The van der Waals surface area contributed by atoms with Gasteiger partial charge < -0.3 is 15.8 Å². The minimum absolute atomic E-state index is 0.0158. The second-order valence-corrected chi connectivity index (χ2v) is 6.31. The molecule has 0 fully saturated rings. The van der Waals surface area contributed by atoms with Crippen molar-refractivity contribution in [2.24, 2.45) is 11.1 Å². The van der Waals surface area contributed by atoms with Gasteiger partial charge in [0.15, 0.2) is 0 Å². The Balaban J connectivity index is 2.51. The fraction of sp³-hybridized carbons (Fsp3) is 0.562. The molecule has 0 atom stereocenters. The lowest BCUT2D eigenvalue weighted by Gasteiger charge is -2.23. The third kappa shape index (κ3) is 5.94. The van der Waals surface area contributed by atoms with Gasteiger partial charge in [-0.3, -0.25) is 4.79 Å². The van der Waals surface area contributed by atoms with Gasteiger partial charge in [0.2, 0.25) is 5.91 Å². The van der Waals surface area contributed by atoms with Crippen LogP contribution < -0.4 is 15.8 Å². The number of carbonyl (C=O) groups is 1. The summed E-state index contributed by atoms with van der Waals surface area (Å²) in [5.74, 6) is 0.702. The number of nitrogens with one attached hydrogen (secondary N) is 1. The van der Waals surface area contributed by atoms with Crippen LogP contribution in [0.15, 0.2) is 18.2 Å². The Morgan fingerprint density at radius 2 is 2.10 bits per heavy atom. The van der Waals surface area contributed by atoms with Crippen molar-refractivity contribution < 1.29 is 9.53 Å². The quantitative estimate of drug-likeness (QED) is 0.775. The smallest absolute Gasteiger partial charge is 0.220 e. The Bertz CT molecular complexity index is 475. The molecule has 118 valence electrons. The van der Waals surface area contributed by atoms with Crippen molar-refractivity contribution >= 4 is 17.5 Å². The number of hydrogen-bond acceptors (Lipinski definition) is 3. The van der Waals surface area contributed by atoms with Crippen molar-refractivity contribution in [1.29, 1.82) is 0 Å². The predicted molar refractivity (Wildman–Crippen MR) is 86.5 cm³/mol. The maximum absolute atomic E-state index is 12.0. The van der Waals surface area contributed by atoms with E-state index in [2.05, 4.69) is 19.2 Å². The molecule has 0 heterocycles. The van der Waals surface area contributed by atoms with E-state index in [-0.39, 0.29) is 11.3 Å². The minimum atomic E-state index is 0.0158. The van der Waals surface area contributed by atoms with Crippen LogP contribution in [0, 0.1) is 5.41 Å². The lowest BCUT2D eigenvalue weighted by atomic mass is 9.84. The van der Waals surface area contributed by atoms with E-state index in [0.29, 0.717) is 30.3 Å². The van der Waals surface area contributed by atoms with Crippen molar-refractivity contribution in [3.05, 3.63) is 28.8 Å². The maximum atomic E-state index is 12.0. The molecule has 0 radical (unpaired) electrons. The van der Waals surface area contributed by atoms with Crippen molar-refractivity contribution in [1.82, 2.24) is 5.32 Å². The van der Waals surface area contributed by atoms with Gasteiger partial charge in [-0.2, -0.15) is 0 Å². The summed E-state index contributed by atoms with van der Waals surface area (Å²) in [6, 6.07) is 5.44. The molecule has 0 saturated carbocycles. The van der Waals surface area contributed by atoms with Crippen LogP contribution in [0.3, 0.4) is 0 Å². The fourth-order valence-electron chi connectivity index (χ4n) is 2.14. The van der Waals surface area contributed by atoms with Crippen molar-refractivity contribution in [2.45, 2.75) is 39.7 Å². The maximum Gasteiger partial charge on any atom is 0.220 e. The van der Waals surface area contributed by atoms with Crippen LogP contribution in [0.4, 0.5) is 0 Å². The fourth-order valence-corrected chi connectivity index (χ4v) is 2.38. The Morgan fingerprint density at radius 3 is 2.71 bits per heavy atom. The lowest BCUT2D eigenvalue weighted by Crippen LogP contribution is -2.26. The molecule has 0 aromatic heterocycles. The molecule has 0 spiro atoms. The van der Waals surface area contributed by atoms with E-state index in [4.69, 9.17) is 22.1 Å². The van der Waals surface area contributed by atoms with E-state index in [1.165, 1.54) is 0 Å². The minimum Gasteiger partial charge on any atom is -0.496 e. The molecule has 0 aliphatic rings. The monoisotopic (exact) mass is 312 g/mol. The molecule has 1 aromatic carbocycles. The SMILES string of the molecule is COc1cccc(Cl)c1CNC(=O)CCC(C)(C)CCN. The van der Waals surface area contributed by atoms with Crippen molar-refractivity contribution in [3.63, 3.8) is 0 Å². The van der Waals surface area contributed by atoms with Gasteiger partial charge in [-0.05, 0) is 36.9 Å². The van der Waals surface area contributed by atoms with E-state index in [0.717, 1.165) is 18.4 Å². The number of methoxy groups -OCH3 is 1. The number of hydrogen-bond donors (Lipinski definition) is 2. The molecular weight excluding hydrogens is 288 g/mol. The van der Waals surface area contributed by atoms with Gasteiger partial charge in [0.25, 0.3) is 0 Å². The number of nitrogens with two attached hydrogens (primary N) is 1. The van der Waals surface area contributed by atoms with E-state index in [1.807, 2.05) is 12.1 Å². The van der Waals surface area contributed by atoms with Gasteiger partial charge in [-0.25, -0.2) is 0 Å². The van der Waals surface area contributed by atoms with Crippen LogP contribution >= 0.6 is 11.6 Å². The first kappa shape index (κ1) is 17.8. The van der Waals surface area contributed by atoms with Crippen LogP contribution in [0.25, 0.3) is 0 Å². The van der Waals surface area contributed by atoms with E-state index < -0.39 is 0 Å². The molecule has 0 bridgehead atoms. The highest BCUT2D eigenvalue weighted by molar-refractivity contribution is 6.31. The number of carbonyl (C=O) groups excluding carboxylic acids is 1. The van der Waals surface area contributed by atoms with Gasteiger partial charge >= 0.3 is 0 Å². The second kappa shape index (κ2) is 8.25. The molecule has 1 amide bonds. The molecule has 0 aliphatic heterocycles. The van der Waals surface area contributed by atoms with E-state index in [9.17, 15) is 4.79 Å². The molecule has 21 heavy (non-hydrogen) atoms. The largest absolute Gasteiger partial charge is 0.496 e. The van der Waals surface area contributed by atoms with Gasteiger partial charge in [0, 0.05) is 23.6 Å². The third-order valence-electron chi connectivity index (χ3n) is 3.61. The standard InChI is InChI=1S/C16H25ClN2O2/c1-16(2,9-10-18)8-7-15(20)19-11-12-13(17)5-4-6-14(12)21-3/h4-6H,7-11,18H2,1-3H3,(H,19,20). The number of rotatable bonds is 8. The normalized spacial score (nSPS) is 11.3. The summed E-state index contributed by atoms with van der Waals surface area (Å²) < 4.78 is 5.25. The third-order valence-corrected chi connectivity index (χ3v) is 3.96. The second-order valence-electron chi connectivity index (χ2n) is 5.90. The number of amides is 1. The topological polar surface area (TPSA) is 64.3 Å². The van der Waals surface area contributed by atoms with Crippen LogP contribution in [0.1, 0.15) is 38.7 Å². The lowest BCUT2D eigenvalue weighted by molar-refractivity contribution is -0.121. The highest BCUT2D eigenvalue weighted by atomic mass is 35.5. The average molecular weight is 313 g/mol. The summed E-state index contributed by atoms with van der Waals surface area (Å²) in [5.41, 5.74) is 6.47. The van der Waals surface area contributed by atoms with Crippen LogP contribution in [-0.4, -0.2) is 19.6 Å². The zero-order valence-corrected chi connectivity index (χ0v) is 13.8. The first-order valence-corrected chi connectivity index (χ1v) is 7.55. The first-order chi connectivity index (χ1) is 9.89. The number of ether oxygens (including phenoxy) is 1. The highest BCUT2D eigenvalue weighted by Crippen LogP contribution is 2.27. The zero-order valence-electron chi connectivity index (χ0n) is 13.0. The Kier molecular flexibility index (Phi) is 6.99. The summed E-state index contributed by atoms with van der Waals surface area (Å²) in [6.45, 7) is 5.28. The van der Waals surface area contributed by atoms with Crippen molar-refractivity contribution in [3.8, 4) is 5.75 Å². The summed E-state index contributed by atoms with van der Waals surface area (Å²) in [6.07, 6.45) is 2.22. The number of benzene rings is 1. The molecule has 0 aliphatic carbocycles. The summed E-state index contributed by atoms with van der Waals surface area (Å²) in [7, 11) is 1.59. The molecule has 0 unspecified atom stereocenters.